The lowest BCUT2D eigenvalue weighted by Crippen LogP contribution is -2.35. The number of aliphatic carboxylic acids is 1. The van der Waals surface area contributed by atoms with Crippen LogP contribution in [-0.2, 0) is 11.3 Å². The fraction of sp³-hybridized carbons (Fsp3) is 0.455. The van der Waals surface area contributed by atoms with Crippen molar-refractivity contribution < 1.29 is 9.90 Å². The SMILES string of the molecule is CCC(NCc1ncccc1C)C(=O)O. The molecule has 4 nitrogen and oxygen atoms in total. The Morgan fingerprint density at radius 2 is 2.40 bits per heavy atom. The highest BCUT2D eigenvalue weighted by Crippen LogP contribution is 2.03. The molecule has 0 aliphatic carbocycles. The van der Waals surface area contributed by atoms with Crippen molar-refractivity contribution in [3.8, 4) is 0 Å². The summed E-state index contributed by atoms with van der Waals surface area (Å²) < 4.78 is 0. The smallest absolute Gasteiger partial charge is 0.320 e. The van der Waals surface area contributed by atoms with E-state index in [9.17, 15) is 4.79 Å². The molecule has 1 aromatic heterocycles. The Bertz CT molecular complexity index is 339. The minimum atomic E-state index is -0.814. The highest BCUT2D eigenvalue weighted by molar-refractivity contribution is 5.73. The molecule has 0 amide bonds. The largest absolute Gasteiger partial charge is 0.480 e. The maximum absolute atomic E-state index is 10.8. The highest BCUT2D eigenvalue weighted by atomic mass is 16.4. The third-order valence-corrected chi connectivity index (χ3v) is 2.34. The zero-order valence-corrected chi connectivity index (χ0v) is 9.03. The number of pyridine rings is 1. The summed E-state index contributed by atoms with van der Waals surface area (Å²) in [4.78, 5) is 14.9. The molecule has 82 valence electrons. The Morgan fingerprint density at radius 1 is 1.67 bits per heavy atom. The predicted molar refractivity (Wildman–Crippen MR) is 57.5 cm³/mol. The van der Waals surface area contributed by atoms with Crippen molar-refractivity contribution in [1.82, 2.24) is 10.3 Å². The minimum Gasteiger partial charge on any atom is -0.480 e. The van der Waals surface area contributed by atoms with Crippen LogP contribution in [0.1, 0.15) is 24.6 Å². The zero-order valence-electron chi connectivity index (χ0n) is 9.03. The van der Waals surface area contributed by atoms with Crippen LogP contribution in [0.4, 0.5) is 0 Å². The second-order valence-electron chi connectivity index (χ2n) is 3.45. The molecule has 1 heterocycles. The number of carboxylic acid groups (broad SMARTS) is 1. The van der Waals surface area contributed by atoms with Gasteiger partial charge in [0.1, 0.15) is 6.04 Å². The third-order valence-electron chi connectivity index (χ3n) is 2.34. The van der Waals surface area contributed by atoms with Crippen LogP contribution in [0.25, 0.3) is 0 Å². The molecule has 0 aliphatic heterocycles. The van der Waals surface area contributed by atoms with Crippen molar-refractivity contribution in [3.63, 3.8) is 0 Å². The van der Waals surface area contributed by atoms with E-state index in [0.29, 0.717) is 13.0 Å². The summed E-state index contributed by atoms with van der Waals surface area (Å²) in [5.74, 6) is -0.814. The van der Waals surface area contributed by atoms with Crippen molar-refractivity contribution in [2.24, 2.45) is 0 Å². The molecule has 1 aromatic rings. The molecule has 1 atom stereocenters. The molecule has 0 saturated heterocycles. The van der Waals surface area contributed by atoms with Gasteiger partial charge in [-0.1, -0.05) is 13.0 Å². The molecule has 0 aromatic carbocycles. The molecule has 4 heteroatoms. The Kier molecular flexibility index (Phi) is 4.24. The fourth-order valence-corrected chi connectivity index (χ4v) is 1.33. The summed E-state index contributed by atoms with van der Waals surface area (Å²) in [5, 5.41) is 11.8. The molecule has 0 saturated carbocycles. The number of rotatable bonds is 5. The second-order valence-corrected chi connectivity index (χ2v) is 3.45. The number of carboxylic acids is 1. The minimum absolute atomic E-state index is 0.494. The van der Waals surface area contributed by atoms with Crippen LogP contribution >= 0.6 is 0 Å². The summed E-state index contributed by atoms with van der Waals surface area (Å²) in [6, 6.07) is 3.34. The van der Waals surface area contributed by atoms with E-state index in [-0.39, 0.29) is 0 Å². The van der Waals surface area contributed by atoms with Crippen molar-refractivity contribution in [3.05, 3.63) is 29.6 Å². The average Bonchev–Trinajstić information content (AvgIpc) is 2.21. The van der Waals surface area contributed by atoms with E-state index in [2.05, 4.69) is 10.3 Å². The van der Waals surface area contributed by atoms with Gasteiger partial charge in [0.25, 0.3) is 0 Å². The Balaban J connectivity index is 2.56. The molecule has 0 radical (unpaired) electrons. The number of aryl methyl sites for hydroxylation is 1. The van der Waals surface area contributed by atoms with Crippen molar-refractivity contribution in [2.45, 2.75) is 32.9 Å². The van der Waals surface area contributed by atoms with Gasteiger partial charge in [0.15, 0.2) is 0 Å². The summed E-state index contributed by atoms with van der Waals surface area (Å²) in [5.41, 5.74) is 1.97. The van der Waals surface area contributed by atoms with Crippen LogP contribution in [0.2, 0.25) is 0 Å². The van der Waals surface area contributed by atoms with Crippen LogP contribution in [0, 0.1) is 6.92 Å². The molecule has 0 bridgehead atoms. The Labute approximate surface area is 89.3 Å². The van der Waals surface area contributed by atoms with Crippen LogP contribution in [0.5, 0.6) is 0 Å². The van der Waals surface area contributed by atoms with Gasteiger partial charge in [0, 0.05) is 12.7 Å². The first-order chi connectivity index (χ1) is 7.15. The molecule has 1 rings (SSSR count). The van der Waals surface area contributed by atoms with E-state index in [0.717, 1.165) is 11.3 Å². The number of aromatic nitrogens is 1. The lowest BCUT2D eigenvalue weighted by Gasteiger charge is -2.12. The van der Waals surface area contributed by atoms with Gasteiger partial charge in [-0.3, -0.25) is 15.1 Å². The van der Waals surface area contributed by atoms with Gasteiger partial charge in [-0.25, -0.2) is 0 Å². The first-order valence-electron chi connectivity index (χ1n) is 5.01. The van der Waals surface area contributed by atoms with E-state index in [1.807, 2.05) is 26.0 Å². The maximum atomic E-state index is 10.8. The van der Waals surface area contributed by atoms with Crippen LogP contribution < -0.4 is 5.32 Å². The molecule has 0 aliphatic rings. The van der Waals surface area contributed by atoms with Crippen molar-refractivity contribution in [1.29, 1.82) is 0 Å². The number of nitrogens with one attached hydrogen (secondary N) is 1. The van der Waals surface area contributed by atoms with Gasteiger partial charge >= 0.3 is 5.97 Å². The van der Waals surface area contributed by atoms with E-state index in [4.69, 9.17) is 5.11 Å². The summed E-state index contributed by atoms with van der Waals surface area (Å²) in [6.45, 7) is 4.31. The quantitative estimate of drug-likeness (QED) is 0.766. The van der Waals surface area contributed by atoms with Gasteiger partial charge < -0.3 is 5.11 Å². The van der Waals surface area contributed by atoms with E-state index in [1.54, 1.807) is 6.20 Å². The number of carbonyl (C=O) groups is 1. The fourth-order valence-electron chi connectivity index (χ4n) is 1.33. The zero-order chi connectivity index (χ0) is 11.3. The van der Waals surface area contributed by atoms with Gasteiger partial charge in [-0.15, -0.1) is 0 Å². The molecule has 0 fully saturated rings. The van der Waals surface area contributed by atoms with Gasteiger partial charge in [-0.2, -0.15) is 0 Å². The highest BCUT2D eigenvalue weighted by Gasteiger charge is 2.14. The Hall–Kier alpha value is -1.42. The van der Waals surface area contributed by atoms with Crippen molar-refractivity contribution in [2.75, 3.05) is 0 Å². The third kappa shape index (κ3) is 3.32. The van der Waals surface area contributed by atoms with Crippen LogP contribution in [-0.4, -0.2) is 22.1 Å². The topological polar surface area (TPSA) is 62.2 Å². The normalized spacial score (nSPS) is 12.4. The maximum Gasteiger partial charge on any atom is 0.320 e. The molecule has 0 spiro atoms. The molecule has 15 heavy (non-hydrogen) atoms. The van der Waals surface area contributed by atoms with E-state index >= 15 is 0 Å². The second kappa shape index (κ2) is 5.46. The molecular weight excluding hydrogens is 192 g/mol. The van der Waals surface area contributed by atoms with Crippen molar-refractivity contribution >= 4 is 5.97 Å². The van der Waals surface area contributed by atoms with E-state index in [1.165, 1.54) is 0 Å². The predicted octanol–water partition coefficient (Wildman–Crippen LogP) is 1.34. The van der Waals surface area contributed by atoms with Gasteiger partial charge in [0.05, 0.1) is 5.69 Å². The molecule has 1 unspecified atom stereocenters. The van der Waals surface area contributed by atoms with Gasteiger partial charge in [-0.05, 0) is 25.0 Å². The van der Waals surface area contributed by atoms with Crippen LogP contribution in [0.3, 0.4) is 0 Å². The first-order valence-corrected chi connectivity index (χ1v) is 5.01. The molecule has 2 N–H and O–H groups in total. The summed E-state index contributed by atoms with van der Waals surface area (Å²) >= 11 is 0. The number of nitrogens with zero attached hydrogens (tertiary/aromatic N) is 1. The lowest BCUT2D eigenvalue weighted by molar-refractivity contribution is -0.139. The van der Waals surface area contributed by atoms with Gasteiger partial charge in [0.2, 0.25) is 0 Å². The number of hydrogen-bond donors (Lipinski definition) is 2. The standard InChI is InChI=1S/C11H16N2O2/c1-3-9(11(14)15)13-7-10-8(2)5-4-6-12-10/h4-6,9,13H,3,7H2,1-2H3,(H,14,15). The summed E-state index contributed by atoms with van der Waals surface area (Å²) in [6.07, 6.45) is 2.28. The van der Waals surface area contributed by atoms with Crippen LogP contribution in [0.15, 0.2) is 18.3 Å². The van der Waals surface area contributed by atoms with E-state index < -0.39 is 12.0 Å². The monoisotopic (exact) mass is 208 g/mol. The lowest BCUT2D eigenvalue weighted by atomic mass is 10.2. The first kappa shape index (κ1) is 11.7. The Morgan fingerprint density at radius 3 is 2.93 bits per heavy atom. The average molecular weight is 208 g/mol. The summed E-state index contributed by atoms with van der Waals surface area (Å²) in [7, 11) is 0. The molecular formula is C11H16N2O2. The number of hydrogen-bond acceptors (Lipinski definition) is 3.